The van der Waals surface area contributed by atoms with Crippen molar-refractivity contribution in [2.45, 2.75) is 19.8 Å². The number of hydrogen-bond acceptors (Lipinski definition) is 2. The second-order valence-electron chi connectivity index (χ2n) is 4.82. The fraction of sp³-hybridized carbons (Fsp3) is 0.500. The van der Waals surface area contributed by atoms with Crippen LogP contribution in [0, 0.1) is 5.92 Å². The van der Waals surface area contributed by atoms with E-state index < -0.39 is 0 Å². The molecule has 1 aromatic carbocycles. The van der Waals surface area contributed by atoms with Crippen LogP contribution in [-0.2, 0) is 0 Å². The number of anilines is 1. The molecule has 1 aromatic rings. The van der Waals surface area contributed by atoms with Crippen LogP contribution in [0.5, 0.6) is 5.75 Å². The molecule has 98 valence electrons. The van der Waals surface area contributed by atoms with E-state index in [9.17, 15) is 4.79 Å². The summed E-state index contributed by atoms with van der Waals surface area (Å²) in [5.74, 6) is 1.28. The number of benzene rings is 1. The van der Waals surface area contributed by atoms with E-state index in [1.165, 1.54) is 6.42 Å². The topological polar surface area (TPSA) is 41.6 Å². The predicted molar refractivity (Wildman–Crippen MR) is 72.0 cm³/mol. The van der Waals surface area contributed by atoms with Crippen molar-refractivity contribution in [2.75, 3.05) is 25.5 Å². The molecule has 1 atom stereocenters. The zero-order valence-corrected chi connectivity index (χ0v) is 11.0. The first-order valence-electron chi connectivity index (χ1n) is 6.39. The zero-order valence-electron chi connectivity index (χ0n) is 11.0. The minimum absolute atomic E-state index is 0.0361. The Labute approximate surface area is 108 Å². The van der Waals surface area contributed by atoms with Gasteiger partial charge in [-0.2, -0.15) is 0 Å². The molecule has 1 unspecified atom stereocenters. The smallest absolute Gasteiger partial charge is 0.321 e. The first kappa shape index (κ1) is 12.7. The Morgan fingerprint density at radius 1 is 1.44 bits per heavy atom. The number of nitrogens with zero attached hydrogens (tertiary/aromatic N) is 1. The van der Waals surface area contributed by atoms with E-state index in [0.717, 1.165) is 25.2 Å². The number of amides is 2. The van der Waals surface area contributed by atoms with Crippen LogP contribution >= 0.6 is 0 Å². The summed E-state index contributed by atoms with van der Waals surface area (Å²) in [5.41, 5.74) is 0.725. The summed E-state index contributed by atoms with van der Waals surface area (Å²) < 4.78 is 5.22. The SMILES string of the molecule is COc1ccccc1NC(=O)N1CCCC(C)C1. The highest BCUT2D eigenvalue weighted by molar-refractivity contribution is 5.91. The van der Waals surface area contributed by atoms with Crippen LogP contribution in [0.25, 0.3) is 0 Å². The van der Waals surface area contributed by atoms with Gasteiger partial charge >= 0.3 is 6.03 Å². The molecule has 1 saturated heterocycles. The van der Waals surface area contributed by atoms with Crippen molar-refractivity contribution in [1.29, 1.82) is 0 Å². The average Bonchev–Trinajstić information content (AvgIpc) is 2.39. The molecule has 0 aliphatic carbocycles. The average molecular weight is 248 g/mol. The van der Waals surface area contributed by atoms with Gasteiger partial charge in [0, 0.05) is 13.1 Å². The van der Waals surface area contributed by atoms with E-state index >= 15 is 0 Å². The molecule has 2 amide bonds. The number of ether oxygens (including phenoxy) is 1. The highest BCUT2D eigenvalue weighted by Gasteiger charge is 2.21. The fourth-order valence-electron chi connectivity index (χ4n) is 2.32. The Kier molecular flexibility index (Phi) is 4.07. The molecule has 0 saturated carbocycles. The molecule has 0 bridgehead atoms. The van der Waals surface area contributed by atoms with Crippen molar-refractivity contribution in [2.24, 2.45) is 5.92 Å². The first-order chi connectivity index (χ1) is 8.70. The Balaban J connectivity index is 2.02. The molecule has 18 heavy (non-hydrogen) atoms. The Bertz CT molecular complexity index is 420. The molecule has 1 aliphatic rings. The Hall–Kier alpha value is -1.71. The van der Waals surface area contributed by atoms with Crippen molar-refractivity contribution in [3.63, 3.8) is 0 Å². The number of carbonyl (C=O) groups excluding carboxylic acids is 1. The monoisotopic (exact) mass is 248 g/mol. The van der Waals surface area contributed by atoms with E-state index in [4.69, 9.17) is 4.74 Å². The number of hydrogen-bond donors (Lipinski definition) is 1. The number of piperidine rings is 1. The van der Waals surface area contributed by atoms with Crippen molar-refractivity contribution in [1.82, 2.24) is 4.90 Å². The van der Waals surface area contributed by atoms with Crippen LogP contribution in [0.15, 0.2) is 24.3 Å². The molecule has 2 rings (SSSR count). The lowest BCUT2D eigenvalue weighted by molar-refractivity contribution is 0.182. The summed E-state index contributed by atoms with van der Waals surface area (Å²) in [6.45, 7) is 3.86. The highest BCUT2D eigenvalue weighted by atomic mass is 16.5. The fourth-order valence-corrected chi connectivity index (χ4v) is 2.32. The van der Waals surface area contributed by atoms with Gasteiger partial charge < -0.3 is 15.0 Å². The summed E-state index contributed by atoms with van der Waals surface area (Å²) in [6.07, 6.45) is 2.29. The molecule has 1 N–H and O–H groups in total. The maximum atomic E-state index is 12.1. The van der Waals surface area contributed by atoms with Crippen molar-refractivity contribution in [3.05, 3.63) is 24.3 Å². The van der Waals surface area contributed by atoms with Gasteiger partial charge in [-0.25, -0.2) is 4.79 Å². The van der Waals surface area contributed by atoms with E-state index in [1.807, 2.05) is 29.2 Å². The normalized spacial score (nSPS) is 19.4. The number of urea groups is 1. The van der Waals surface area contributed by atoms with Crippen LogP contribution < -0.4 is 10.1 Å². The second kappa shape index (κ2) is 5.76. The van der Waals surface area contributed by atoms with E-state index in [1.54, 1.807) is 7.11 Å². The minimum atomic E-state index is -0.0361. The minimum Gasteiger partial charge on any atom is -0.495 e. The standard InChI is InChI=1S/C14H20N2O2/c1-11-6-5-9-16(10-11)14(17)15-12-7-3-4-8-13(12)18-2/h3-4,7-8,11H,5-6,9-10H2,1-2H3,(H,15,17). The number of carbonyl (C=O) groups is 1. The molecule has 4 heteroatoms. The number of likely N-dealkylation sites (tertiary alicyclic amines) is 1. The van der Waals surface area contributed by atoms with Crippen molar-refractivity contribution in [3.8, 4) is 5.75 Å². The van der Waals surface area contributed by atoms with Gasteiger partial charge in [-0.1, -0.05) is 19.1 Å². The Morgan fingerprint density at radius 3 is 2.94 bits per heavy atom. The maximum absolute atomic E-state index is 12.1. The first-order valence-corrected chi connectivity index (χ1v) is 6.39. The Morgan fingerprint density at radius 2 is 2.22 bits per heavy atom. The van der Waals surface area contributed by atoms with Gasteiger partial charge in [0.2, 0.25) is 0 Å². The zero-order chi connectivity index (χ0) is 13.0. The van der Waals surface area contributed by atoms with Crippen molar-refractivity contribution < 1.29 is 9.53 Å². The largest absolute Gasteiger partial charge is 0.495 e. The molecule has 0 radical (unpaired) electrons. The number of methoxy groups -OCH3 is 1. The maximum Gasteiger partial charge on any atom is 0.321 e. The van der Waals surface area contributed by atoms with Crippen LogP contribution in [0.2, 0.25) is 0 Å². The third-order valence-corrected chi connectivity index (χ3v) is 3.29. The highest BCUT2D eigenvalue weighted by Crippen LogP contribution is 2.24. The molecule has 1 aliphatic heterocycles. The quantitative estimate of drug-likeness (QED) is 0.874. The summed E-state index contributed by atoms with van der Waals surface area (Å²) in [4.78, 5) is 14.0. The van der Waals surface area contributed by atoms with E-state index in [-0.39, 0.29) is 6.03 Å². The molecule has 0 aromatic heterocycles. The summed E-state index contributed by atoms with van der Waals surface area (Å²) in [5, 5.41) is 2.91. The number of para-hydroxylation sites is 2. The van der Waals surface area contributed by atoms with Crippen molar-refractivity contribution >= 4 is 11.7 Å². The van der Waals surface area contributed by atoms with E-state index in [2.05, 4.69) is 12.2 Å². The molecule has 1 heterocycles. The lowest BCUT2D eigenvalue weighted by Gasteiger charge is -2.31. The summed E-state index contributed by atoms with van der Waals surface area (Å²) >= 11 is 0. The lowest BCUT2D eigenvalue weighted by atomic mass is 10.0. The number of rotatable bonds is 2. The molecular weight excluding hydrogens is 228 g/mol. The molecule has 1 fully saturated rings. The van der Waals surface area contributed by atoms with Crippen LogP contribution in [-0.4, -0.2) is 31.1 Å². The molecule has 0 spiro atoms. The van der Waals surface area contributed by atoms with Gasteiger partial charge in [-0.3, -0.25) is 0 Å². The summed E-state index contributed by atoms with van der Waals surface area (Å²) in [6, 6.07) is 7.43. The van der Waals surface area contributed by atoms with Gasteiger partial charge in [0.05, 0.1) is 12.8 Å². The van der Waals surface area contributed by atoms with Gasteiger partial charge in [-0.05, 0) is 30.9 Å². The molecule has 4 nitrogen and oxygen atoms in total. The second-order valence-corrected chi connectivity index (χ2v) is 4.82. The lowest BCUT2D eigenvalue weighted by Crippen LogP contribution is -2.41. The van der Waals surface area contributed by atoms with Crippen LogP contribution in [0.4, 0.5) is 10.5 Å². The van der Waals surface area contributed by atoms with Gasteiger partial charge in [-0.15, -0.1) is 0 Å². The van der Waals surface area contributed by atoms with Gasteiger partial charge in [0.1, 0.15) is 5.75 Å². The number of nitrogens with one attached hydrogen (secondary N) is 1. The third kappa shape index (κ3) is 2.94. The predicted octanol–water partition coefficient (Wildman–Crippen LogP) is 2.96. The van der Waals surface area contributed by atoms with Crippen LogP contribution in [0.1, 0.15) is 19.8 Å². The summed E-state index contributed by atoms with van der Waals surface area (Å²) in [7, 11) is 1.61. The molecular formula is C14H20N2O2. The van der Waals surface area contributed by atoms with E-state index in [0.29, 0.717) is 11.7 Å². The van der Waals surface area contributed by atoms with Crippen LogP contribution in [0.3, 0.4) is 0 Å². The van der Waals surface area contributed by atoms with Gasteiger partial charge in [0.25, 0.3) is 0 Å². The third-order valence-electron chi connectivity index (χ3n) is 3.29. The van der Waals surface area contributed by atoms with Gasteiger partial charge in [0.15, 0.2) is 0 Å².